The highest BCUT2D eigenvalue weighted by Gasteiger charge is 2.12. The zero-order valence-corrected chi connectivity index (χ0v) is 9.56. The summed E-state index contributed by atoms with van der Waals surface area (Å²) in [7, 11) is 0. The number of carbonyl (C=O) groups is 1. The summed E-state index contributed by atoms with van der Waals surface area (Å²) in [6.45, 7) is 3.77. The van der Waals surface area contributed by atoms with Crippen LogP contribution in [0, 0.1) is 0 Å². The van der Waals surface area contributed by atoms with E-state index < -0.39 is 0 Å². The Hall–Kier alpha value is -2.09. The SMILES string of the molecule is C=C(Cc1ccccc1)C(=O)OC1=CC=CC1. The number of esters is 1. The van der Waals surface area contributed by atoms with Crippen molar-refractivity contribution in [2.45, 2.75) is 12.8 Å². The van der Waals surface area contributed by atoms with Crippen LogP contribution in [0.1, 0.15) is 12.0 Å². The van der Waals surface area contributed by atoms with Gasteiger partial charge >= 0.3 is 5.97 Å². The molecule has 0 saturated carbocycles. The Bertz CT molecular complexity index is 481. The second-order valence-corrected chi connectivity index (χ2v) is 3.92. The fraction of sp³-hybridized carbons (Fsp3) is 0.133. The topological polar surface area (TPSA) is 26.3 Å². The van der Waals surface area contributed by atoms with E-state index in [-0.39, 0.29) is 5.97 Å². The maximum Gasteiger partial charge on any atom is 0.338 e. The van der Waals surface area contributed by atoms with Crippen LogP contribution in [0.25, 0.3) is 0 Å². The van der Waals surface area contributed by atoms with E-state index in [0.717, 1.165) is 5.56 Å². The first-order chi connectivity index (χ1) is 8.25. The van der Waals surface area contributed by atoms with E-state index in [1.54, 1.807) is 6.08 Å². The van der Waals surface area contributed by atoms with Crippen LogP contribution in [-0.4, -0.2) is 5.97 Å². The van der Waals surface area contributed by atoms with Gasteiger partial charge in [0.2, 0.25) is 0 Å². The summed E-state index contributed by atoms with van der Waals surface area (Å²) in [6.07, 6.45) is 6.84. The molecule has 0 fully saturated rings. The molecule has 0 radical (unpaired) electrons. The minimum atomic E-state index is -0.344. The van der Waals surface area contributed by atoms with E-state index >= 15 is 0 Å². The van der Waals surface area contributed by atoms with Gasteiger partial charge in [-0.25, -0.2) is 4.79 Å². The Morgan fingerprint density at radius 1 is 1.29 bits per heavy atom. The number of allylic oxidation sites excluding steroid dienone is 3. The Morgan fingerprint density at radius 2 is 2.06 bits per heavy atom. The average Bonchev–Trinajstić information content (AvgIpc) is 2.83. The highest BCUT2D eigenvalue weighted by atomic mass is 16.5. The first-order valence-corrected chi connectivity index (χ1v) is 5.55. The van der Waals surface area contributed by atoms with Gasteiger partial charge in [0.25, 0.3) is 0 Å². The number of hydrogen-bond donors (Lipinski definition) is 0. The average molecular weight is 226 g/mol. The molecule has 0 amide bonds. The lowest BCUT2D eigenvalue weighted by Crippen LogP contribution is -2.08. The van der Waals surface area contributed by atoms with E-state index in [0.29, 0.717) is 24.2 Å². The summed E-state index contributed by atoms with van der Waals surface area (Å²) in [6, 6.07) is 9.76. The Balaban J connectivity index is 1.90. The van der Waals surface area contributed by atoms with Crippen molar-refractivity contribution in [1.82, 2.24) is 0 Å². The van der Waals surface area contributed by atoms with Gasteiger partial charge in [-0.15, -0.1) is 0 Å². The van der Waals surface area contributed by atoms with Gasteiger partial charge in [-0.05, 0) is 11.6 Å². The number of carbonyl (C=O) groups excluding carboxylic acids is 1. The quantitative estimate of drug-likeness (QED) is 0.582. The normalized spacial score (nSPS) is 13.3. The molecule has 2 heteroatoms. The van der Waals surface area contributed by atoms with Crippen molar-refractivity contribution in [2.24, 2.45) is 0 Å². The van der Waals surface area contributed by atoms with E-state index in [4.69, 9.17) is 4.74 Å². The van der Waals surface area contributed by atoms with Crippen LogP contribution >= 0.6 is 0 Å². The summed E-state index contributed by atoms with van der Waals surface area (Å²) in [5.74, 6) is 0.341. The lowest BCUT2D eigenvalue weighted by atomic mass is 10.1. The molecule has 17 heavy (non-hydrogen) atoms. The maximum absolute atomic E-state index is 11.7. The number of hydrogen-bond acceptors (Lipinski definition) is 2. The monoisotopic (exact) mass is 226 g/mol. The largest absolute Gasteiger partial charge is 0.427 e. The van der Waals surface area contributed by atoms with Crippen LogP contribution in [0.2, 0.25) is 0 Å². The molecule has 2 rings (SSSR count). The molecular weight excluding hydrogens is 212 g/mol. The van der Waals surface area contributed by atoms with Gasteiger partial charge in [-0.3, -0.25) is 0 Å². The fourth-order valence-electron chi connectivity index (χ4n) is 1.61. The number of rotatable bonds is 4. The van der Waals surface area contributed by atoms with Crippen LogP contribution in [0.5, 0.6) is 0 Å². The molecule has 0 unspecified atom stereocenters. The number of benzene rings is 1. The minimum Gasteiger partial charge on any atom is -0.427 e. The molecule has 0 N–H and O–H groups in total. The molecule has 86 valence electrons. The Kier molecular flexibility index (Phi) is 3.55. The van der Waals surface area contributed by atoms with Crippen LogP contribution in [-0.2, 0) is 16.0 Å². The zero-order valence-electron chi connectivity index (χ0n) is 9.56. The second kappa shape index (κ2) is 5.30. The zero-order chi connectivity index (χ0) is 12.1. The van der Waals surface area contributed by atoms with Gasteiger partial charge in [0.05, 0.1) is 0 Å². The molecule has 0 aromatic heterocycles. The molecule has 0 heterocycles. The third-order valence-corrected chi connectivity index (χ3v) is 2.51. The standard InChI is InChI=1S/C15H14O2/c1-12(11-13-7-3-2-4-8-13)15(16)17-14-9-5-6-10-14/h2-9H,1,10-11H2. The Morgan fingerprint density at radius 3 is 2.71 bits per heavy atom. The second-order valence-electron chi connectivity index (χ2n) is 3.92. The van der Waals surface area contributed by atoms with Gasteiger partial charge in [-0.2, -0.15) is 0 Å². The van der Waals surface area contributed by atoms with Crippen LogP contribution < -0.4 is 0 Å². The van der Waals surface area contributed by atoms with Crippen molar-refractivity contribution in [3.63, 3.8) is 0 Å². The van der Waals surface area contributed by atoms with Gasteiger partial charge in [-0.1, -0.05) is 49.1 Å². The van der Waals surface area contributed by atoms with Crippen molar-refractivity contribution in [1.29, 1.82) is 0 Å². The van der Waals surface area contributed by atoms with E-state index in [1.165, 1.54) is 0 Å². The van der Waals surface area contributed by atoms with Gasteiger partial charge in [0, 0.05) is 18.4 Å². The highest BCUT2D eigenvalue weighted by Crippen LogP contribution is 2.15. The smallest absolute Gasteiger partial charge is 0.338 e. The molecule has 0 saturated heterocycles. The predicted octanol–water partition coefficient (Wildman–Crippen LogP) is 3.17. The number of ether oxygens (including phenoxy) is 1. The lowest BCUT2D eigenvalue weighted by Gasteiger charge is -2.07. The highest BCUT2D eigenvalue weighted by molar-refractivity contribution is 5.89. The molecule has 1 aromatic carbocycles. The molecule has 1 aliphatic rings. The van der Waals surface area contributed by atoms with Crippen molar-refractivity contribution in [3.8, 4) is 0 Å². The Labute approximate surface area is 101 Å². The van der Waals surface area contributed by atoms with Crippen molar-refractivity contribution in [2.75, 3.05) is 0 Å². The molecular formula is C15H14O2. The van der Waals surface area contributed by atoms with Crippen LogP contribution in [0.3, 0.4) is 0 Å². The van der Waals surface area contributed by atoms with Crippen LogP contribution in [0.4, 0.5) is 0 Å². The van der Waals surface area contributed by atoms with Crippen molar-refractivity contribution < 1.29 is 9.53 Å². The summed E-state index contributed by atoms with van der Waals surface area (Å²) in [5, 5.41) is 0. The summed E-state index contributed by atoms with van der Waals surface area (Å²) in [5.41, 5.74) is 1.54. The molecule has 1 aromatic rings. The third-order valence-electron chi connectivity index (χ3n) is 2.51. The molecule has 2 nitrogen and oxygen atoms in total. The molecule has 0 aliphatic heterocycles. The van der Waals surface area contributed by atoms with Gasteiger partial charge in [0.1, 0.15) is 5.76 Å². The molecule has 0 bridgehead atoms. The van der Waals surface area contributed by atoms with E-state index in [9.17, 15) is 4.79 Å². The predicted molar refractivity (Wildman–Crippen MR) is 67.2 cm³/mol. The minimum absolute atomic E-state index is 0.344. The first kappa shape index (κ1) is 11.4. The maximum atomic E-state index is 11.7. The van der Waals surface area contributed by atoms with Gasteiger partial charge < -0.3 is 4.74 Å². The van der Waals surface area contributed by atoms with Crippen molar-refractivity contribution >= 4 is 5.97 Å². The van der Waals surface area contributed by atoms with Crippen molar-refractivity contribution in [3.05, 3.63) is 72.0 Å². The lowest BCUT2D eigenvalue weighted by molar-refractivity contribution is -0.135. The van der Waals surface area contributed by atoms with E-state index in [1.807, 2.05) is 42.5 Å². The summed E-state index contributed by atoms with van der Waals surface area (Å²) in [4.78, 5) is 11.7. The summed E-state index contributed by atoms with van der Waals surface area (Å²) < 4.78 is 5.21. The first-order valence-electron chi connectivity index (χ1n) is 5.55. The third kappa shape index (κ3) is 3.18. The molecule has 0 spiro atoms. The fourth-order valence-corrected chi connectivity index (χ4v) is 1.61. The summed E-state index contributed by atoms with van der Waals surface area (Å²) >= 11 is 0. The van der Waals surface area contributed by atoms with Crippen LogP contribution in [0.15, 0.2) is 66.5 Å². The van der Waals surface area contributed by atoms with E-state index in [2.05, 4.69) is 6.58 Å². The molecule has 1 aliphatic carbocycles. The van der Waals surface area contributed by atoms with Gasteiger partial charge in [0.15, 0.2) is 0 Å². The molecule has 0 atom stereocenters.